The number of aromatic nitrogens is 2. The van der Waals surface area contributed by atoms with Crippen LogP contribution >= 0.6 is 34.7 Å². The summed E-state index contributed by atoms with van der Waals surface area (Å²) in [5.74, 6) is 1.13. The summed E-state index contributed by atoms with van der Waals surface area (Å²) >= 11 is 8.70. The van der Waals surface area contributed by atoms with Crippen molar-refractivity contribution < 1.29 is 9.53 Å². The highest BCUT2D eigenvalue weighted by Crippen LogP contribution is 2.21. The van der Waals surface area contributed by atoms with E-state index < -0.39 is 0 Å². The minimum absolute atomic E-state index is 0.0394. The van der Waals surface area contributed by atoms with Crippen LogP contribution in [0.2, 0.25) is 5.02 Å². The minimum atomic E-state index is 0.0394. The normalized spacial score (nSPS) is 10.5. The van der Waals surface area contributed by atoms with Crippen LogP contribution in [0, 0.1) is 6.92 Å². The van der Waals surface area contributed by atoms with Gasteiger partial charge in [-0.2, -0.15) is 0 Å². The van der Waals surface area contributed by atoms with E-state index in [1.54, 1.807) is 36.2 Å². The van der Waals surface area contributed by atoms with Gasteiger partial charge in [-0.25, -0.2) is 0 Å². The van der Waals surface area contributed by atoms with Crippen molar-refractivity contribution >= 4 is 40.6 Å². The molecule has 0 bridgehead atoms. The number of amides is 1. The number of hydrogen-bond acceptors (Lipinski definition) is 6. The molecule has 2 rings (SSSR count). The molecule has 0 N–H and O–H groups in total. The number of halogens is 1. The lowest BCUT2D eigenvalue weighted by molar-refractivity contribution is -0.127. The standard InChI is InChI=1S/C14H16ClN3O2S2/c1-10-16-17-14(22-10)21-9-13(19)18(2)7-8-20-12-5-3-11(15)4-6-12/h3-6H,7-9H2,1-2H3. The molecule has 0 atom stereocenters. The Hall–Kier alpha value is -1.31. The Morgan fingerprint density at radius 2 is 2.09 bits per heavy atom. The molecular formula is C14H16ClN3O2S2. The zero-order valence-corrected chi connectivity index (χ0v) is 14.7. The Bertz CT molecular complexity index is 619. The molecule has 2 aromatic rings. The molecule has 8 heteroatoms. The highest BCUT2D eigenvalue weighted by molar-refractivity contribution is 8.01. The highest BCUT2D eigenvalue weighted by Gasteiger charge is 2.11. The fourth-order valence-corrected chi connectivity index (χ4v) is 3.41. The van der Waals surface area contributed by atoms with Crippen LogP contribution in [-0.4, -0.2) is 47.0 Å². The van der Waals surface area contributed by atoms with Crippen molar-refractivity contribution in [1.82, 2.24) is 15.1 Å². The number of rotatable bonds is 7. The summed E-state index contributed by atoms with van der Waals surface area (Å²) in [6, 6.07) is 7.15. The summed E-state index contributed by atoms with van der Waals surface area (Å²) in [6.45, 7) is 2.85. The second kappa shape index (κ2) is 8.36. The zero-order valence-electron chi connectivity index (χ0n) is 12.3. The van der Waals surface area contributed by atoms with Crippen LogP contribution in [-0.2, 0) is 4.79 Å². The minimum Gasteiger partial charge on any atom is -0.492 e. The van der Waals surface area contributed by atoms with Gasteiger partial charge in [-0.1, -0.05) is 34.7 Å². The van der Waals surface area contributed by atoms with Crippen molar-refractivity contribution in [3.8, 4) is 5.75 Å². The van der Waals surface area contributed by atoms with Gasteiger partial charge in [0, 0.05) is 12.1 Å². The van der Waals surface area contributed by atoms with Crippen molar-refractivity contribution in [3.63, 3.8) is 0 Å². The van der Waals surface area contributed by atoms with E-state index in [4.69, 9.17) is 16.3 Å². The second-order valence-corrected chi connectivity index (χ2v) is 7.33. The molecule has 0 saturated heterocycles. The molecule has 118 valence electrons. The number of likely N-dealkylation sites (N-methyl/N-ethyl adjacent to an activating group) is 1. The monoisotopic (exact) mass is 357 g/mol. The third-order valence-electron chi connectivity index (χ3n) is 2.76. The van der Waals surface area contributed by atoms with E-state index in [0.29, 0.717) is 23.9 Å². The first-order chi connectivity index (χ1) is 10.5. The average molecular weight is 358 g/mol. The second-order valence-electron chi connectivity index (χ2n) is 4.49. The fraction of sp³-hybridized carbons (Fsp3) is 0.357. The zero-order chi connectivity index (χ0) is 15.9. The number of aryl methyl sites for hydroxylation is 1. The van der Waals surface area contributed by atoms with Gasteiger partial charge in [0.05, 0.1) is 12.3 Å². The molecule has 0 aliphatic rings. The average Bonchev–Trinajstić information content (AvgIpc) is 2.92. The van der Waals surface area contributed by atoms with Crippen LogP contribution in [0.4, 0.5) is 0 Å². The molecule has 22 heavy (non-hydrogen) atoms. The molecule has 5 nitrogen and oxygen atoms in total. The molecule has 0 saturated carbocycles. The fourth-order valence-electron chi connectivity index (χ4n) is 1.53. The number of hydrogen-bond donors (Lipinski definition) is 0. The van der Waals surface area contributed by atoms with Gasteiger partial charge in [0.1, 0.15) is 17.4 Å². The maximum absolute atomic E-state index is 12.0. The molecular weight excluding hydrogens is 342 g/mol. The van der Waals surface area contributed by atoms with Gasteiger partial charge in [0.2, 0.25) is 5.91 Å². The van der Waals surface area contributed by atoms with Crippen LogP contribution in [0.15, 0.2) is 28.6 Å². The van der Waals surface area contributed by atoms with E-state index >= 15 is 0 Å². The van der Waals surface area contributed by atoms with Crippen molar-refractivity contribution in [2.24, 2.45) is 0 Å². The van der Waals surface area contributed by atoms with Crippen molar-refractivity contribution in [3.05, 3.63) is 34.3 Å². The molecule has 0 radical (unpaired) electrons. The van der Waals surface area contributed by atoms with Crippen LogP contribution in [0.25, 0.3) is 0 Å². The Labute approximate surface area is 142 Å². The number of nitrogens with zero attached hydrogens (tertiary/aromatic N) is 3. The predicted octanol–water partition coefficient (Wildman–Crippen LogP) is 3.13. The van der Waals surface area contributed by atoms with Gasteiger partial charge in [-0.3, -0.25) is 4.79 Å². The number of carbonyl (C=O) groups is 1. The molecule has 1 aromatic heterocycles. The summed E-state index contributed by atoms with van der Waals surface area (Å²) in [7, 11) is 1.76. The van der Waals surface area contributed by atoms with E-state index in [-0.39, 0.29) is 5.91 Å². The highest BCUT2D eigenvalue weighted by atomic mass is 35.5. The van der Waals surface area contributed by atoms with Gasteiger partial charge in [-0.05, 0) is 31.2 Å². The van der Waals surface area contributed by atoms with Gasteiger partial charge < -0.3 is 9.64 Å². The predicted molar refractivity (Wildman–Crippen MR) is 90.0 cm³/mol. The summed E-state index contributed by atoms with van der Waals surface area (Å²) in [6.07, 6.45) is 0. The lowest BCUT2D eigenvalue weighted by Crippen LogP contribution is -2.32. The van der Waals surface area contributed by atoms with E-state index in [1.807, 2.05) is 6.92 Å². The van der Waals surface area contributed by atoms with Crippen LogP contribution < -0.4 is 4.74 Å². The number of carbonyl (C=O) groups excluding carboxylic acids is 1. The SMILES string of the molecule is Cc1nnc(SCC(=O)N(C)CCOc2ccc(Cl)cc2)s1. The van der Waals surface area contributed by atoms with E-state index in [0.717, 1.165) is 15.1 Å². The Balaban J connectivity index is 1.68. The van der Waals surface area contributed by atoms with E-state index in [1.165, 1.54) is 23.1 Å². The smallest absolute Gasteiger partial charge is 0.232 e. The molecule has 0 aliphatic heterocycles. The first-order valence-electron chi connectivity index (χ1n) is 6.60. The summed E-state index contributed by atoms with van der Waals surface area (Å²) < 4.78 is 6.38. The molecule has 0 aliphatic carbocycles. The maximum atomic E-state index is 12.0. The van der Waals surface area contributed by atoms with Gasteiger partial charge in [-0.15, -0.1) is 10.2 Å². The lowest BCUT2D eigenvalue weighted by atomic mass is 10.3. The number of thioether (sulfide) groups is 1. The Morgan fingerprint density at radius 1 is 1.36 bits per heavy atom. The molecule has 0 fully saturated rings. The van der Waals surface area contributed by atoms with Gasteiger partial charge in [0.25, 0.3) is 0 Å². The van der Waals surface area contributed by atoms with Crippen LogP contribution in [0.3, 0.4) is 0 Å². The third-order valence-corrected chi connectivity index (χ3v) is 4.97. The summed E-state index contributed by atoms with van der Waals surface area (Å²) in [5, 5.41) is 9.48. The summed E-state index contributed by atoms with van der Waals surface area (Å²) in [5.41, 5.74) is 0. The molecule has 0 unspecified atom stereocenters. The van der Waals surface area contributed by atoms with E-state index in [2.05, 4.69) is 10.2 Å². The van der Waals surface area contributed by atoms with Gasteiger partial charge in [0.15, 0.2) is 4.34 Å². The molecule has 1 heterocycles. The van der Waals surface area contributed by atoms with Crippen LogP contribution in [0.1, 0.15) is 5.01 Å². The maximum Gasteiger partial charge on any atom is 0.232 e. The first kappa shape index (κ1) is 17.1. The Kier molecular flexibility index (Phi) is 6.48. The molecule has 0 spiro atoms. The molecule has 1 amide bonds. The summed E-state index contributed by atoms with van der Waals surface area (Å²) in [4.78, 5) is 13.6. The van der Waals surface area contributed by atoms with E-state index in [9.17, 15) is 4.79 Å². The topological polar surface area (TPSA) is 55.3 Å². The van der Waals surface area contributed by atoms with Crippen molar-refractivity contribution in [1.29, 1.82) is 0 Å². The number of ether oxygens (including phenoxy) is 1. The first-order valence-corrected chi connectivity index (χ1v) is 8.78. The quantitative estimate of drug-likeness (QED) is 0.712. The molecule has 1 aromatic carbocycles. The number of benzene rings is 1. The van der Waals surface area contributed by atoms with Crippen LogP contribution in [0.5, 0.6) is 5.75 Å². The lowest BCUT2D eigenvalue weighted by Gasteiger charge is -2.17. The Morgan fingerprint density at radius 3 is 2.73 bits per heavy atom. The third kappa shape index (κ3) is 5.47. The van der Waals surface area contributed by atoms with Crippen molar-refractivity contribution in [2.45, 2.75) is 11.3 Å². The largest absolute Gasteiger partial charge is 0.492 e. The van der Waals surface area contributed by atoms with Crippen molar-refractivity contribution in [2.75, 3.05) is 26.0 Å². The van der Waals surface area contributed by atoms with Gasteiger partial charge >= 0.3 is 0 Å².